The van der Waals surface area contributed by atoms with Gasteiger partial charge in [0, 0.05) is 28.1 Å². The summed E-state index contributed by atoms with van der Waals surface area (Å²) < 4.78 is 72.4. The number of fused-ring (bicyclic) bond motifs is 1. The molecule has 7 nitrogen and oxygen atoms in total. The predicted octanol–water partition coefficient (Wildman–Crippen LogP) is 7.71. The van der Waals surface area contributed by atoms with Gasteiger partial charge in [-0.25, -0.2) is 13.4 Å². The van der Waals surface area contributed by atoms with Crippen LogP contribution in [-0.2, 0) is 20.0 Å². The minimum atomic E-state index is -4.89. The van der Waals surface area contributed by atoms with Crippen molar-refractivity contribution >= 4 is 54.5 Å². The fourth-order valence-electron chi connectivity index (χ4n) is 4.22. The van der Waals surface area contributed by atoms with E-state index in [-0.39, 0.29) is 10.9 Å². The van der Waals surface area contributed by atoms with Crippen molar-refractivity contribution in [2.75, 3.05) is 18.7 Å². The number of carbonyl (C=O) groups is 1. The summed E-state index contributed by atoms with van der Waals surface area (Å²) >= 11 is 7.55. The predicted molar refractivity (Wildman–Crippen MR) is 159 cm³/mol. The average Bonchev–Trinajstić information content (AvgIpc) is 3.30. The smallest absolute Gasteiger partial charge is 0.497 e. The lowest BCUT2D eigenvalue weighted by atomic mass is 9.81. The van der Waals surface area contributed by atoms with Crippen molar-refractivity contribution in [2.24, 2.45) is 0 Å². The normalized spacial score (nSPS) is 12.8. The number of alkyl halides is 3. The number of halogens is 4. The number of anilines is 1. The second-order valence-electron chi connectivity index (χ2n) is 10.7. The Morgan fingerprint density at radius 3 is 2.24 bits per heavy atom. The van der Waals surface area contributed by atoms with Crippen molar-refractivity contribution in [3.8, 4) is 11.5 Å². The first-order chi connectivity index (χ1) is 19.3. The Morgan fingerprint density at radius 2 is 1.62 bits per heavy atom. The van der Waals surface area contributed by atoms with Crippen LogP contribution in [0.5, 0.6) is 11.5 Å². The van der Waals surface area contributed by atoms with Gasteiger partial charge in [0.2, 0.25) is 0 Å². The van der Waals surface area contributed by atoms with E-state index >= 15 is 0 Å². The molecule has 1 N–H and O–H groups in total. The number of carbonyl (C=O) groups excluding carboxylic acids is 1. The molecule has 224 valence electrons. The summed E-state index contributed by atoms with van der Waals surface area (Å²) in [4.78, 5) is 18.0. The van der Waals surface area contributed by atoms with Gasteiger partial charge in [0.15, 0.2) is 9.84 Å². The highest BCUT2D eigenvalue weighted by Gasteiger charge is 2.34. The van der Waals surface area contributed by atoms with Gasteiger partial charge in [-0.15, -0.1) is 24.5 Å². The van der Waals surface area contributed by atoms with Crippen molar-refractivity contribution in [1.29, 1.82) is 0 Å². The number of hydrogen-bond donors (Lipinski definition) is 1. The van der Waals surface area contributed by atoms with Gasteiger partial charge in [-0.05, 0) is 72.8 Å². The first kappa shape index (κ1) is 31.6. The highest BCUT2D eigenvalue weighted by atomic mass is 35.5. The number of nitrogens with one attached hydrogen (secondary N) is 1. The zero-order valence-electron chi connectivity index (χ0n) is 23.5. The van der Waals surface area contributed by atoms with Crippen LogP contribution in [0.15, 0.2) is 54.6 Å². The van der Waals surface area contributed by atoms with Crippen molar-refractivity contribution < 1.29 is 35.9 Å². The van der Waals surface area contributed by atoms with E-state index in [0.717, 1.165) is 16.2 Å². The van der Waals surface area contributed by atoms with Crippen LogP contribution in [0.3, 0.4) is 0 Å². The van der Waals surface area contributed by atoms with Crippen LogP contribution in [0.25, 0.3) is 10.1 Å². The lowest BCUT2D eigenvalue weighted by Gasteiger charge is -2.27. The summed E-state index contributed by atoms with van der Waals surface area (Å²) in [5.41, 5.74) is 0.736. The molecular formula is C29H28ClF3N2O5S2. The number of pyridine rings is 1. The van der Waals surface area contributed by atoms with Crippen molar-refractivity contribution in [2.45, 2.75) is 44.2 Å². The van der Waals surface area contributed by atoms with Crippen molar-refractivity contribution in [3.63, 3.8) is 0 Å². The van der Waals surface area contributed by atoms with E-state index in [1.54, 1.807) is 64.1 Å². The van der Waals surface area contributed by atoms with Gasteiger partial charge >= 0.3 is 6.36 Å². The number of nitrogens with zero attached hydrogens (tertiary/aromatic N) is 1. The molecule has 2 heterocycles. The number of ether oxygens (including phenoxy) is 2. The van der Waals surface area contributed by atoms with Gasteiger partial charge in [-0.2, -0.15) is 0 Å². The monoisotopic (exact) mass is 640 g/mol. The number of aromatic nitrogens is 1. The Balaban J connectivity index is 1.65. The molecule has 13 heteroatoms. The fourth-order valence-corrected chi connectivity index (χ4v) is 5.92. The van der Waals surface area contributed by atoms with Crippen LogP contribution in [0.2, 0.25) is 5.15 Å². The van der Waals surface area contributed by atoms with E-state index in [9.17, 15) is 26.4 Å². The molecule has 4 aromatic rings. The standard InChI is InChI=1S/C29H28ClF3N2O5S2/c1-27(2,18-11-20(39-5)15-21(12-18)40-29(31,32)33)24-13-19(14-25(30)35-24)34-26(36)23-10-16-9-17(7-8-22(16)41-23)28(3,4)42(6,37)38/h7-15H,1-6H3,(H,34,35,36). The molecule has 0 saturated carbocycles. The third-order valence-electron chi connectivity index (χ3n) is 7.13. The molecule has 0 aliphatic carbocycles. The van der Waals surface area contributed by atoms with E-state index in [1.165, 1.54) is 36.8 Å². The average molecular weight is 641 g/mol. The van der Waals surface area contributed by atoms with Crippen LogP contribution in [-0.4, -0.2) is 39.0 Å². The topological polar surface area (TPSA) is 94.6 Å². The minimum absolute atomic E-state index is 0.0644. The first-order valence-corrected chi connectivity index (χ1v) is 15.6. The van der Waals surface area contributed by atoms with Crippen molar-refractivity contribution in [1.82, 2.24) is 4.98 Å². The highest BCUT2D eigenvalue weighted by molar-refractivity contribution is 7.91. The molecule has 0 atom stereocenters. The molecule has 2 aromatic heterocycles. The third-order valence-corrected chi connectivity index (χ3v) is 10.5. The number of thiophene rings is 1. The van der Waals surface area contributed by atoms with Gasteiger partial charge in [-0.1, -0.05) is 31.5 Å². The maximum atomic E-state index is 13.2. The molecule has 0 unspecified atom stereocenters. The molecule has 0 fully saturated rings. The number of rotatable bonds is 8. The summed E-state index contributed by atoms with van der Waals surface area (Å²) in [7, 11) is -2.06. The maximum Gasteiger partial charge on any atom is 0.573 e. The summed E-state index contributed by atoms with van der Waals surface area (Å²) in [5, 5.41) is 3.60. The third kappa shape index (κ3) is 6.66. The summed E-state index contributed by atoms with van der Waals surface area (Å²) in [5.74, 6) is -0.718. The Kier molecular flexibility index (Phi) is 8.31. The number of hydrogen-bond acceptors (Lipinski definition) is 7. The van der Waals surface area contributed by atoms with E-state index in [1.807, 2.05) is 0 Å². The molecule has 0 aliphatic rings. The Bertz CT molecular complexity index is 1780. The van der Waals surface area contributed by atoms with E-state index in [2.05, 4.69) is 15.0 Å². The van der Waals surface area contributed by atoms with Crippen LogP contribution >= 0.6 is 22.9 Å². The lowest BCUT2D eigenvalue weighted by Crippen LogP contribution is -2.27. The molecule has 0 radical (unpaired) electrons. The molecule has 4 rings (SSSR count). The van der Waals surface area contributed by atoms with E-state index < -0.39 is 38.0 Å². The van der Waals surface area contributed by atoms with E-state index in [0.29, 0.717) is 27.4 Å². The van der Waals surface area contributed by atoms with Gasteiger partial charge in [0.1, 0.15) is 16.7 Å². The quantitative estimate of drug-likeness (QED) is 0.198. The molecule has 1 amide bonds. The zero-order valence-corrected chi connectivity index (χ0v) is 25.9. The first-order valence-electron chi connectivity index (χ1n) is 12.5. The van der Waals surface area contributed by atoms with Gasteiger partial charge < -0.3 is 14.8 Å². The fraction of sp³-hybridized carbons (Fsp3) is 0.310. The minimum Gasteiger partial charge on any atom is -0.497 e. The van der Waals surface area contributed by atoms with E-state index in [4.69, 9.17) is 16.3 Å². The Labute approximate surface area is 250 Å². The Morgan fingerprint density at radius 1 is 0.952 bits per heavy atom. The van der Waals surface area contributed by atoms with Gasteiger partial charge in [0.25, 0.3) is 5.91 Å². The molecule has 0 saturated heterocycles. The molecule has 0 aliphatic heterocycles. The lowest BCUT2D eigenvalue weighted by molar-refractivity contribution is -0.274. The largest absolute Gasteiger partial charge is 0.573 e. The van der Waals surface area contributed by atoms with Crippen LogP contribution in [0, 0.1) is 0 Å². The SMILES string of the molecule is COc1cc(OC(F)(F)F)cc(C(C)(C)c2cc(NC(=O)c3cc4cc(C(C)(C)S(C)(=O)=O)ccc4s3)cc(Cl)n2)c1. The number of amides is 1. The van der Waals surface area contributed by atoms with Crippen LogP contribution in [0.4, 0.5) is 18.9 Å². The molecular weight excluding hydrogens is 613 g/mol. The highest BCUT2D eigenvalue weighted by Crippen LogP contribution is 2.39. The maximum absolute atomic E-state index is 13.2. The second kappa shape index (κ2) is 11.1. The second-order valence-corrected chi connectivity index (χ2v) is 14.8. The summed E-state index contributed by atoms with van der Waals surface area (Å²) in [6.07, 6.45) is -3.71. The number of methoxy groups -OCH3 is 1. The molecule has 0 spiro atoms. The number of sulfone groups is 1. The van der Waals surface area contributed by atoms with Gasteiger partial charge in [0.05, 0.1) is 22.4 Å². The van der Waals surface area contributed by atoms with Crippen molar-refractivity contribution in [3.05, 3.63) is 81.4 Å². The number of benzene rings is 2. The zero-order chi connectivity index (χ0) is 31.3. The Hall–Kier alpha value is -3.35. The summed E-state index contributed by atoms with van der Waals surface area (Å²) in [6, 6.07) is 14.0. The van der Waals surface area contributed by atoms with Gasteiger partial charge in [-0.3, -0.25) is 4.79 Å². The van der Waals surface area contributed by atoms with Crippen LogP contribution in [0.1, 0.15) is 54.2 Å². The molecule has 0 bridgehead atoms. The molecule has 42 heavy (non-hydrogen) atoms. The molecule has 2 aromatic carbocycles. The summed E-state index contributed by atoms with van der Waals surface area (Å²) in [6.45, 7) is 6.74. The van der Waals surface area contributed by atoms with Crippen LogP contribution < -0.4 is 14.8 Å².